The van der Waals surface area contributed by atoms with Gasteiger partial charge in [0.25, 0.3) is 0 Å². The van der Waals surface area contributed by atoms with Gasteiger partial charge in [0.1, 0.15) is 0 Å². The zero-order valence-corrected chi connectivity index (χ0v) is 17.6. The van der Waals surface area contributed by atoms with E-state index in [1.165, 1.54) is 0 Å². The number of nitrogens with zero attached hydrogens (tertiary/aromatic N) is 2. The molecule has 1 heterocycles. The third-order valence-corrected chi connectivity index (χ3v) is 5.65. The van der Waals surface area contributed by atoms with Crippen LogP contribution in [0.5, 0.6) is 0 Å². The number of nitriles is 1. The molecule has 1 aliphatic heterocycles. The molecule has 0 amide bonds. The molecule has 1 fully saturated rings. The molecule has 2 aromatic rings. The summed E-state index contributed by atoms with van der Waals surface area (Å²) >= 11 is 0. The zero-order valence-electron chi connectivity index (χ0n) is 17.6. The van der Waals surface area contributed by atoms with Gasteiger partial charge in [0, 0.05) is 31.5 Å². The Morgan fingerprint density at radius 1 is 1.27 bits per heavy atom. The molecule has 158 valence electrons. The molecule has 0 radical (unpaired) electrons. The van der Waals surface area contributed by atoms with Gasteiger partial charge in [-0.2, -0.15) is 5.26 Å². The summed E-state index contributed by atoms with van der Waals surface area (Å²) in [6, 6.07) is 16.1. The first-order chi connectivity index (χ1) is 14.5. The summed E-state index contributed by atoms with van der Waals surface area (Å²) in [5.41, 5.74) is 4.53. The van der Waals surface area contributed by atoms with Gasteiger partial charge in [-0.25, -0.2) is 0 Å². The molecule has 2 aromatic carbocycles. The van der Waals surface area contributed by atoms with Crippen LogP contribution in [-0.2, 0) is 9.53 Å². The SMILES string of the molecule is CCN(c1ccc(C(C)CC(=O)O)cc1Nc1ccc(C#N)cc1)C1CCOCC1. The number of ether oxygens (including phenoxy) is 1. The third kappa shape index (κ3) is 5.31. The Bertz CT molecular complexity index is 899. The van der Waals surface area contributed by atoms with E-state index in [4.69, 9.17) is 10.00 Å². The van der Waals surface area contributed by atoms with Crippen molar-refractivity contribution >= 4 is 23.0 Å². The summed E-state index contributed by atoms with van der Waals surface area (Å²) in [7, 11) is 0. The van der Waals surface area contributed by atoms with Gasteiger partial charge < -0.3 is 20.1 Å². The Labute approximate surface area is 178 Å². The first kappa shape index (κ1) is 21.7. The zero-order chi connectivity index (χ0) is 21.5. The van der Waals surface area contributed by atoms with Gasteiger partial charge in [-0.3, -0.25) is 4.79 Å². The summed E-state index contributed by atoms with van der Waals surface area (Å²) in [6.07, 6.45) is 2.07. The minimum Gasteiger partial charge on any atom is -0.481 e. The van der Waals surface area contributed by atoms with Crippen LogP contribution in [0.25, 0.3) is 0 Å². The topological polar surface area (TPSA) is 85.6 Å². The number of carboxylic acid groups (broad SMARTS) is 1. The van der Waals surface area contributed by atoms with E-state index in [-0.39, 0.29) is 12.3 Å². The predicted octanol–water partition coefficient (Wildman–Crippen LogP) is 4.89. The quantitative estimate of drug-likeness (QED) is 0.648. The smallest absolute Gasteiger partial charge is 0.303 e. The second kappa shape index (κ2) is 10.1. The van der Waals surface area contributed by atoms with Crippen LogP contribution in [0.3, 0.4) is 0 Å². The Morgan fingerprint density at radius 3 is 2.57 bits per heavy atom. The lowest BCUT2D eigenvalue weighted by atomic mass is 9.96. The highest BCUT2D eigenvalue weighted by atomic mass is 16.5. The van der Waals surface area contributed by atoms with Crippen LogP contribution in [0.4, 0.5) is 17.1 Å². The molecule has 0 bridgehead atoms. The van der Waals surface area contributed by atoms with Gasteiger partial charge in [0.05, 0.1) is 29.4 Å². The van der Waals surface area contributed by atoms with E-state index < -0.39 is 5.97 Å². The van der Waals surface area contributed by atoms with E-state index in [0.717, 1.165) is 55.2 Å². The number of benzene rings is 2. The van der Waals surface area contributed by atoms with Gasteiger partial charge in [0.2, 0.25) is 0 Å². The summed E-state index contributed by atoms with van der Waals surface area (Å²) in [4.78, 5) is 13.6. The fourth-order valence-corrected chi connectivity index (χ4v) is 4.00. The van der Waals surface area contributed by atoms with Crippen molar-refractivity contribution in [2.45, 2.75) is 45.1 Å². The van der Waals surface area contributed by atoms with Gasteiger partial charge in [0.15, 0.2) is 0 Å². The van der Waals surface area contributed by atoms with Crippen LogP contribution < -0.4 is 10.2 Å². The number of anilines is 3. The number of hydrogen-bond donors (Lipinski definition) is 2. The number of rotatable bonds is 8. The second-order valence-corrected chi connectivity index (χ2v) is 7.72. The van der Waals surface area contributed by atoms with Crippen molar-refractivity contribution < 1.29 is 14.6 Å². The van der Waals surface area contributed by atoms with E-state index >= 15 is 0 Å². The number of carboxylic acids is 1. The highest BCUT2D eigenvalue weighted by Gasteiger charge is 2.23. The van der Waals surface area contributed by atoms with E-state index in [0.29, 0.717) is 11.6 Å². The first-order valence-corrected chi connectivity index (χ1v) is 10.5. The molecule has 1 atom stereocenters. The van der Waals surface area contributed by atoms with Crippen LogP contribution in [0.2, 0.25) is 0 Å². The van der Waals surface area contributed by atoms with Crippen molar-refractivity contribution in [3.05, 3.63) is 53.6 Å². The maximum atomic E-state index is 11.2. The van der Waals surface area contributed by atoms with Crippen LogP contribution in [0, 0.1) is 11.3 Å². The maximum Gasteiger partial charge on any atom is 0.303 e. The molecule has 6 nitrogen and oxygen atoms in total. The number of aliphatic carboxylic acids is 1. The highest BCUT2D eigenvalue weighted by molar-refractivity contribution is 5.77. The lowest BCUT2D eigenvalue weighted by Crippen LogP contribution is -2.39. The average Bonchev–Trinajstić information content (AvgIpc) is 2.76. The molecule has 1 unspecified atom stereocenters. The van der Waals surface area contributed by atoms with Crippen molar-refractivity contribution in [1.82, 2.24) is 0 Å². The molecule has 30 heavy (non-hydrogen) atoms. The molecule has 1 aliphatic rings. The molecule has 0 aromatic heterocycles. The summed E-state index contributed by atoms with van der Waals surface area (Å²) in [5.74, 6) is -0.887. The van der Waals surface area contributed by atoms with E-state index in [1.54, 1.807) is 12.1 Å². The van der Waals surface area contributed by atoms with Crippen molar-refractivity contribution in [3.63, 3.8) is 0 Å². The first-order valence-electron chi connectivity index (χ1n) is 10.5. The molecular formula is C24H29N3O3. The van der Waals surface area contributed by atoms with Crippen LogP contribution >= 0.6 is 0 Å². The monoisotopic (exact) mass is 407 g/mol. The van der Waals surface area contributed by atoms with Gasteiger partial charge >= 0.3 is 5.97 Å². The van der Waals surface area contributed by atoms with Crippen molar-refractivity contribution in [2.75, 3.05) is 30.0 Å². The van der Waals surface area contributed by atoms with Crippen LogP contribution in [-0.4, -0.2) is 36.9 Å². The number of carbonyl (C=O) groups is 1. The van der Waals surface area contributed by atoms with Crippen molar-refractivity contribution in [3.8, 4) is 6.07 Å². The second-order valence-electron chi connectivity index (χ2n) is 7.72. The molecule has 0 saturated carbocycles. The summed E-state index contributed by atoms with van der Waals surface area (Å²) in [6.45, 7) is 6.50. The summed E-state index contributed by atoms with van der Waals surface area (Å²) in [5, 5.41) is 21.7. The Balaban J connectivity index is 1.96. The Morgan fingerprint density at radius 2 is 1.97 bits per heavy atom. The average molecular weight is 408 g/mol. The largest absolute Gasteiger partial charge is 0.481 e. The van der Waals surface area contributed by atoms with Crippen LogP contribution in [0.1, 0.15) is 50.2 Å². The Kier molecular flexibility index (Phi) is 7.31. The minimum absolute atomic E-state index is 0.0868. The Hall–Kier alpha value is -3.04. The lowest BCUT2D eigenvalue weighted by Gasteiger charge is -2.36. The third-order valence-electron chi connectivity index (χ3n) is 5.65. The van der Waals surface area contributed by atoms with E-state index in [9.17, 15) is 9.90 Å². The fourth-order valence-electron chi connectivity index (χ4n) is 4.00. The molecule has 0 aliphatic carbocycles. The number of hydrogen-bond acceptors (Lipinski definition) is 5. The van der Waals surface area contributed by atoms with Crippen molar-refractivity contribution in [1.29, 1.82) is 5.26 Å². The minimum atomic E-state index is -0.800. The lowest BCUT2D eigenvalue weighted by molar-refractivity contribution is -0.137. The van der Waals surface area contributed by atoms with Gasteiger partial charge in [-0.15, -0.1) is 0 Å². The highest BCUT2D eigenvalue weighted by Crippen LogP contribution is 2.35. The summed E-state index contributed by atoms with van der Waals surface area (Å²) < 4.78 is 5.54. The fraction of sp³-hybridized carbons (Fsp3) is 0.417. The predicted molar refractivity (Wildman–Crippen MR) is 118 cm³/mol. The van der Waals surface area contributed by atoms with E-state index in [1.807, 2.05) is 25.1 Å². The van der Waals surface area contributed by atoms with Crippen molar-refractivity contribution in [2.24, 2.45) is 0 Å². The molecule has 3 rings (SSSR count). The molecular weight excluding hydrogens is 378 g/mol. The maximum absolute atomic E-state index is 11.2. The standard InChI is InChI=1S/C24H29N3O3/c1-3-27(21-10-12-30-13-11-21)23-9-6-19(17(2)14-24(28)29)15-22(23)26-20-7-4-18(16-25)5-8-20/h4-9,15,17,21,26H,3,10-14H2,1-2H3,(H,28,29). The molecule has 6 heteroatoms. The number of nitrogens with one attached hydrogen (secondary N) is 1. The molecule has 0 spiro atoms. The molecule has 1 saturated heterocycles. The van der Waals surface area contributed by atoms with Gasteiger partial charge in [-0.1, -0.05) is 13.0 Å². The molecule has 2 N–H and O–H groups in total. The van der Waals surface area contributed by atoms with E-state index in [2.05, 4.69) is 35.3 Å². The van der Waals surface area contributed by atoms with Gasteiger partial charge in [-0.05, 0) is 67.6 Å². The van der Waals surface area contributed by atoms with Crippen LogP contribution in [0.15, 0.2) is 42.5 Å². The normalized spacial score (nSPS) is 15.2.